The lowest BCUT2D eigenvalue weighted by atomic mass is 9.89. The van der Waals surface area contributed by atoms with Crippen molar-refractivity contribution in [2.75, 3.05) is 19.7 Å². The molecule has 0 radical (unpaired) electrons. The van der Waals surface area contributed by atoms with Gasteiger partial charge in [0.15, 0.2) is 0 Å². The Morgan fingerprint density at radius 3 is 2.88 bits per heavy atom. The van der Waals surface area contributed by atoms with E-state index in [2.05, 4.69) is 12.2 Å². The highest BCUT2D eigenvalue weighted by Gasteiger charge is 2.38. The quantitative estimate of drug-likeness (QED) is 0.547. The van der Waals surface area contributed by atoms with Gasteiger partial charge in [-0.15, -0.1) is 0 Å². The molecule has 0 saturated heterocycles. The molecule has 0 aromatic carbocycles. The summed E-state index contributed by atoms with van der Waals surface area (Å²) < 4.78 is 5.11. The lowest BCUT2D eigenvalue weighted by Crippen LogP contribution is -2.31. The van der Waals surface area contributed by atoms with Gasteiger partial charge in [0.05, 0.1) is 13.2 Å². The second-order valence-corrected chi connectivity index (χ2v) is 5.64. The highest BCUT2D eigenvalue weighted by Crippen LogP contribution is 2.47. The minimum atomic E-state index is -0.0957. The van der Waals surface area contributed by atoms with Gasteiger partial charge in [0.1, 0.15) is 0 Å². The molecular formula is C14H25NO2. The SMILES string of the molecule is CCCCOC(=O)CNCC1CC2CCC1C2. The number of nitrogens with one attached hydrogen (secondary N) is 1. The zero-order valence-electron chi connectivity index (χ0n) is 10.9. The Hall–Kier alpha value is -0.570. The third-order valence-electron chi connectivity index (χ3n) is 4.32. The van der Waals surface area contributed by atoms with Crippen LogP contribution in [0.25, 0.3) is 0 Å². The van der Waals surface area contributed by atoms with Crippen LogP contribution in [0.15, 0.2) is 0 Å². The van der Waals surface area contributed by atoms with E-state index in [1.54, 1.807) is 0 Å². The first-order chi connectivity index (χ1) is 8.29. The van der Waals surface area contributed by atoms with Crippen molar-refractivity contribution >= 4 is 5.97 Å². The van der Waals surface area contributed by atoms with Crippen LogP contribution in [0.2, 0.25) is 0 Å². The predicted molar refractivity (Wildman–Crippen MR) is 67.7 cm³/mol. The number of esters is 1. The van der Waals surface area contributed by atoms with E-state index in [1.165, 1.54) is 25.7 Å². The third kappa shape index (κ3) is 3.70. The van der Waals surface area contributed by atoms with Crippen LogP contribution in [-0.4, -0.2) is 25.7 Å². The van der Waals surface area contributed by atoms with E-state index in [0.29, 0.717) is 13.2 Å². The summed E-state index contributed by atoms with van der Waals surface area (Å²) in [5.74, 6) is 2.64. The summed E-state index contributed by atoms with van der Waals surface area (Å²) in [4.78, 5) is 11.4. The summed E-state index contributed by atoms with van der Waals surface area (Å²) in [6, 6.07) is 0. The first kappa shape index (κ1) is 12.9. The normalized spacial score (nSPS) is 30.8. The van der Waals surface area contributed by atoms with E-state index < -0.39 is 0 Å². The molecule has 1 N–H and O–H groups in total. The van der Waals surface area contributed by atoms with Crippen molar-refractivity contribution < 1.29 is 9.53 Å². The minimum Gasteiger partial charge on any atom is -0.465 e. The number of rotatable bonds is 7. The van der Waals surface area contributed by atoms with Gasteiger partial charge in [0.25, 0.3) is 0 Å². The van der Waals surface area contributed by atoms with Crippen LogP contribution in [-0.2, 0) is 9.53 Å². The summed E-state index contributed by atoms with van der Waals surface area (Å²) in [6.45, 7) is 4.06. The van der Waals surface area contributed by atoms with Crippen molar-refractivity contribution in [3.63, 3.8) is 0 Å². The van der Waals surface area contributed by atoms with Gasteiger partial charge in [-0.2, -0.15) is 0 Å². The summed E-state index contributed by atoms with van der Waals surface area (Å²) >= 11 is 0. The van der Waals surface area contributed by atoms with Crippen LogP contribution in [0.3, 0.4) is 0 Å². The molecule has 98 valence electrons. The summed E-state index contributed by atoms with van der Waals surface area (Å²) in [7, 11) is 0. The maximum absolute atomic E-state index is 11.4. The molecule has 2 fully saturated rings. The maximum Gasteiger partial charge on any atom is 0.319 e. The monoisotopic (exact) mass is 239 g/mol. The fraction of sp³-hybridized carbons (Fsp3) is 0.929. The number of hydrogen-bond donors (Lipinski definition) is 1. The number of ether oxygens (including phenoxy) is 1. The molecule has 2 aliphatic carbocycles. The van der Waals surface area contributed by atoms with Gasteiger partial charge in [-0.25, -0.2) is 0 Å². The van der Waals surface area contributed by atoms with Gasteiger partial charge >= 0.3 is 5.97 Å². The second-order valence-electron chi connectivity index (χ2n) is 5.64. The number of hydrogen-bond acceptors (Lipinski definition) is 3. The van der Waals surface area contributed by atoms with Crippen LogP contribution in [0.5, 0.6) is 0 Å². The summed E-state index contributed by atoms with van der Waals surface area (Å²) in [5, 5.41) is 3.26. The average molecular weight is 239 g/mol. The van der Waals surface area contributed by atoms with Crippen LogP contribution in [0.1, 0.15) is 45.4 Å². The Labute approximate surface area is 104 Å². The van der Waals surface area contributed by atoms with Crippen molar-refractivity contribution in [2.24, 2.45) is 17.8 Å². The van der Waals surface area contributed by atoms with Crippen molar-refractivity contribution in [1.29, 1.82) is 0 Å². The van der Waals surface area contributed by atoms with Gasteiger partial charge in [-0.3, -0.25) is 4.79 Å². The Kier molecular flexibility index (Phi) is 4.84. The molecule has 2 rings (SSSR count). The lowest BCUT2D eigenvalue weighted by Gasteiger charge is -2.21. The van der Waals surface area contributed by atoms with E-state index in [-0.39, 0.29) is 5.97 Å². The Balaban J connectivity index is 1.52. The predicted octanol–water partition coefficient (Wildman–Crippen LogP) is 2.36. The Morgan fingerprint density at radius 2 is 2.24 bits per heavy atom. The molecule has 0 heterocycles. The molecule has 2 saturated carbocycles. The molecule has 0 aromatic heterocycles. The summed E-state index contributed by atoms with van der Waals surface area (Å²) in [5.41, 5.74) is 0. The van der Waals surface area contributed by atoms with Gasteiger partial charge in [-0.05, 0) is 50.0 Å². The highest BCUT2D eigenvalue weighted by atomic mass is 16.5. The van der Waals surface area contributed by atoms with Crippen LogP contribution >= 0.6 is 0 Å². The standard InChI is InChI=1S/C14H25NO2/c1-2-3-6-17-14(16)10-15-9-13-8-11-4-5-12(13)7-11/h11-13,15H,2-10H2,1H3. The molecule has 0 spiro atoms. The molecule has 3 unspecified atom stereocenters. The largest absolute Gasteiger partial charge is 0.465 e. The first-order valence-electron chi connectivity index (χ1n) is 7.16. The number of fused-ring (bicyclic) bond motifs is 2. The topological polar surface area (TPSA) is 38.3 Å². The molecule has 3 atom stereocenters. The van der Waals surface area contributed by atoms with Crippen molar-refractivity contribution in [1.82, 2.24) is 5.32 Å². The smallest absolute Gasteiger partial charge is 0.319 e. The third-order valence-corrected chi connectivity index (χ3v) is 4.32. The molecule has 2 aliphatic rings. The van der Waals surface area contributed by atoms with E-state index in [1.807, 2.05) is 0 Å². The van der Waals surface area contributed by atoms with Crippen molar-refractivity contribution in [3.8, 4) is 0 Å². The molecule has 0 aromatic rings. The zero-order valence-corrected chi connectivity index (χ0v) is 10.9. The van der Waals surface area contributed by atoms with Crippen molar-refractivity contribution in [2.45, 2.75) is 45.4 Å². The highest BCUT2D eigenvalue weighted by molar-refractivity contribution is 5.71. The van der Waals surface area contributed by atoms with E-state index in [9.17, 15) is 4.79 Å². The molecule has 2 bridgehead atoms. The number of carbonyl (C=O) groups is 1. The van der Waals surface area contributed by atoms with Gasteiger partial charge in [0.2, 0.25) is 0 Å². The fourth-order valence-corrected chi connectivity index (χ4v) is 3.37. The zero-order chi connectivity index (χ0) is 12.1. The number of unbranched alkanes of at least 4 members (excludes halogenated alkanes) is 1. The Morgan fingerprint density at radius 1 is 1.35 bits per heavy atom. The second kappa shape index (κ2) is 6.39. The molecule has 17 heavy (non-hydrogen) atoms. The van der Waals surface area contributed by atoms with Crippen LogP contribution in [0, 0.1) is 17.8 Å². The molecule has 0 amide bonds. The van der Waals surface area contributed by atoms with E-state index in [0.717, 1.165) is 37.1 Å². The molecule has 3 nitrogen and oxygen atoms in total. The van der Waals surface area contributed by atoms with E-state index >= 15 is 0 Å². The van der Waals surface area contributed by atoms with Gasteiger partial charge in [-0.1, -0.05) is 19.8 Å². The lowest BCUT2D eigenvalue weighted by molar-refractivity contribution is -0.142. The van der Waals surface area contributed by atoms with Gasteiger partial charge in [0, 0.05) is 0 Å². The first-order valence-corrected chi connectivity index (χ1v) is 7.16. The van der Waals surface area contributed by atoms with E-state index in [4.69, 9.17) is 4.74 Å². The molecule has 0 aliphatic heterocycles. The van der Waals surface area contributed by atoms with Crippen LogP contribution in [0.4, 0.5) is 0 Å². The summed E-state index contributed by atoms with van der Waals surface area (Å²) in [6.07, 6.45) is 7.72. The number of carbonyl (C=O) groups excluding carboxylic acids is 1. The Bertz CT molecular complexity index is 255. The van der Waals surface area contributed by atoms with Gasteiger partial charge < -0.3 is 10.1 Å². The maximum atomic E-state index is 11.4. The fourth-order valence-electron chi connectivity index (χ4n) is 3.37. The minimum absolute atomic E-state index is 0.0957. The molecule has 3 heteroatoms. The van der Waals surface area contributed by atoms with Crippen LogP contribution < -0.4 is 5.32 Å². The van der Waals surface area contributed by atoms with Crippen molar-refractivity contribution in [3.05, 3.63) is 0 Å². The average Bonchev–Trinajstić information content (AvgIpc) is 2.91. The molecular weight excluding hydrogens is 214 g/mol.